The standard InChI is InChI=1S/C9H14N2O3/c1-7(12)11-8(9(13)14-2)5-3-4-6-10/h8H,3-5H2,1-2H3,(H,11,12)/t8-/m1/s1. The molecule has 0 rings (SSSR count). The van der Waals surface area contributed by atoms with Crippen LogP contribution in [-0.2, 0) is 14.3 Å². The van der Waals surface area contributed by atoms with E-state index < -0.39 is 12.0 Å². The first-order valence-electron chi connectivity index (χ1n) is 4.33. The Morgan fingerprint density at radius 2 is 2.21 bits per heavy atom. The van der Waals surface area contributed by atoms with Gasteiger partial charge in [0, 0.05) is 13.3 Å². The van der Waals surface area contributed by atoms with E-state index in [9.17, 15) is 9.59 Å². The Labute approximate surface area is 83.0 Å². The fourth-order valence-electron chi connectivity index (χ4n) is 1.02. The second kappa shape index (κ2) is 6.89. The summed E-state index contributed by atoms with van der Waals surface area (Å²) < 4.78 is 4.51. The molecule has 1 atom stereocenters. The largest absolute Gasteiger partial charge is 0.467 e. The van der Waals surface area contributed by atoms with Gasteiger partial charge in [0.25, 0.3) is 0 Å². The van der Waals surface area contributed by atoms with Crippen LogP contribution >= 0.6 is 0 Å². The van der Waals surface area contributed by atoms with Crippen molar-refractivity contribution in [2.75, 3.05) is 7.11 Å². The number of nitrogens with zero attached hydrogens (tertiary/aromatic N) is 1. The molecule has 0 aromatic heterocycles. The lowest BCUT2D eigenvalue weighted by Crippen LogP contribution is -2.40. The topological polar surface area (TPSA) is 79.2 Å². The highest BCUT2D eigenvalue weighted by atomic mass is 16.5. The van der Waals surface area contributed by atoms with E-state index in [1.807, 2.05) is 6.07 Å². The van der Waals surface area contributed by atoms with Gasteiger partial charge in [0.2, 0.25) is 5.91 Å². The number of ether oxygens (including phenoxy) is 1. The van der Waals surface area contributed by atoms with Gasteiger partial charge in [0.05, 0.1) is 13.2 Å². The molecule has 0 radical (unpaired) electrons. The van der Waals surface area contributed by atoms with Crippen molar-refractivity contribution in [1.29, 1.82) is 5.26 Å². The summed E-state index contributed by atoms with van der Waals surface area (Å²) in [7, 11) is 1.27. The first-order chi connectivity index (χ1) is 6.61. The Bertz CT molecular complexity index is 245. The molecule has 0 aliphatic heterocycles. The minimum absolute atomic E-state index is 0.280. The van der Waals surface area contributed by atoms with Crippen LogP contribution in [0.3, 0.4) is 0 Å². The van der Waals surface area contributed by atoms with Crippen molar-refractivity contribution < 1.29 is 14.3 Å². The van der Waals surface area contributed by atoms with Crippen LogP contribution in [0, 0.1) is 11.3 Å². The Kier molecular flexibility index (Phi) is 6.12. The molecule has 0 fully saturated rings. The zero-order valence-electron chi connectivity index (χ0n) is 8.37. The summed E-state index contributed by atoms with van der Waals surface area (Å²) >= 11 is 0. The van der Waals surface area contributed by atoms with E-state index in [1.165, 1.54) is 14.0 Å². The predicted molar refractivity (Wildman–Crippen MR) is 49.1 cm³/mol. The summed E-state index contributed by atoms with van der Waals surface area (Å²) in [5.41, 5.74) is 0. The van der Waals surface area contributed by atoms with E-state index in [1.54, 1.807) is 0 Å². The molecule has 0 aromatic carbocycles. The first kappa shape index (κ1) is 12.4. The molecule has 0 heterocycles. The van der Waals surface area contributed by atoms with Crippen LogP contribution in [0.15, 0.2) is 0 Å². The molecule has 0 aliphatic carbocycles. The lowest BCUT2D eigenvalue weighted by Gasteiger charge is -2.14. The highest BCUT2D eigenvalue weighted by molar-refractivity contribution is 5.83. The van der Waals surface area contributed by atoms with E-state index in [0.717, 1.165) is 0 Å². The van der Waals surface area contributed by atoms with Gasteiger partial charge in [-0.25, -0.2) is 4.79 Å². The summed E-state index contributed by atoms with van der Waals surface area (Å²) in [5, 5.41) is 10.8. The molecular formula is C9H14N2O3. The van der Waals surface area contributed by atoms with Crippen LogP contribution in [0.5, 0.6) is 0 Å². The average Bonchev–Trinajstić information content (AvgIpc) is 2.15. The number of carbonyl (C=O) groups excluding carboxylic acids is 2. The summed E-state index contributed by atoms with van der Waals surface area (Å²) in [6.07, 6.45) is 1.36. The second-order valence-corrected chi connectivity index (χ2v) is 2.83. The van der Waals surface area contributed by atoms with Crippen molar-refractivity contribution in [3.05, 3.63) is 0 Å². The normalized spacial score (nSPS) is 11.2. The fourth-order valence-corrected chi connectivity index (χ4v) is 1.02. The summed E-state index contributed by atoms with van der Waals surface area (Å²) in [4.78, 5) is 21.8. The number of esters is 1. The minimum Gasteiger partial charge on any atom is -0.467 e. The second-order valence-electron chi connectivity index (χ2n) is 2.83. The van der Waals surface area contributed by atoms with Gasteiger partial charge >= 0.3 is 5.97 Å². The zero-order valence-corrected chi connectivity index (χ0v) is 8.37. The molecular weight excluding hydrogens is 184 g/mol. The average molecular weight is 198 g/mol. The van der Waals surface area contributed by atoms with Crippen molar-refractivity contribution in [1.82, 2.24) is 5.32 Å². The van der Waals surface area contributed by atoms with E-state index in [-0.39, 0.29) is 5.91 Å². The Hall–Kier alpha value is -1.57. The Morgan fingerprint density at radius 3 is 2.64 bits per heavy atom. The van der Waals surface area contributed by atoms with Crippen molar-refractivity contribution in [3.8, 4) is 6.07 Å². The summed E-state index contributed by atoms with van der Waals surface area (Å²) in [5.74, 6) is -0.754. The molecule has 0 saturated carbocycles. The van der Waals surface area contributed by atoms with Crippen LogP contribution in [-0.4, -0.2) is 25.0 Å². The van der Waals surface area contributed by atoms with Crippen molar-refractivity contribution in [2.45, 2.75) is 32.2 Å². The summed E-state index contributed by atoms with van der Waals surface area (Å²) in [6, 6.07) is 1.34. The van der Waals surface area contributed by atoms with Crippen LogP contribution < -0.4 is 5.32 Å². The first-order valence-corrected chi connectivity index (χ1v) is 4.33. The minimum atomic E-state index is -0.633. The van der Waals surface area contributed by atoms with Gasteiger partial charge in [0.15, 0.2) is 0 Å². The number of hydrogen-bond acceptors (Lipinski definition) is 4. The molecule has 1 amide bonds. The van der Waals surface area contributed by atoms with Gasteiger partial charge in [-0.05, 0) is 12.8 Å². The van der Waals surface area contributed by atoms with Gasteiger partial charge in [-0.1, -0.05) is 0 Å². The van der Waals surface area contributed by atoms with E-state index in [2.05, 4.69) is 10.1 Å². The maximum Gasteiger partial charge on any atom is 0.328 e. The highest BCUT2D eigenvalue weighted by Crippen LogP contribution is 2.02. The molecule has 5 heteroatoms. The van der Waals surface area contributed by atoms with Crippen molar-refractivity contribution in [2.24, 2.45) is 0 Å². The van der Waals surface area contributed by atoms with Crippen LogP contribution in [0.25, 0.3) is 0 Å². The third kappa shape index (κ3) is 5.14. The lowest BCUT2D eigenvalue weighted by atomic mass is 10.1. The Balaban J connectivity index is 4.05. The third-order valence-electron chi connectivity index (χ3n) is 1.64. The van der Waals surface area contributed by atoms with E-state index in [4.69, 9.17) is 5.26 Å². The number of hydrogen-bond donors (Lipinski definition) is 1. The molecule has 0 unspecified atom stereocenters. The number of rotatable bonds is 5. The molecule has 0 aromatic rings. The lowest BCUT2D eigenvalue weighted by molar-refractivity contribution is -0.145. The molecule has 5 nitrogen and oxygen atoms in total. The molecule has 0 spiro atoms. The van der Waals surface area contributed by atoms with Gasteiger partial charge in [-0.15, -0.1) is 0 Å². The van der Waals surface area contributed by atoms with Crippen molar-refractivity contribution in [3.63, 3.8) is 0 Å². The van der Waals surface area contributed by atoms with Crippen molar-refractivity contribution >= 4 is 11.9 Å². The number of nitrogens with one attached hydrogen (secondary N) is 1. The van der Waals surface area contributed by atoms with E-state index in [0.29, 0.717) is 19.3 Å². The van der Waals surface area contributed by atoms with Gasteiger partial charge in [-0.2, -0.15) is 5.26 Å². The molecule has 1 N–H and O–H groups in total. The SMILES string of the molecule is COC(=O)[C@@H](CCCC#N)NC(C)=O. The quantitative estimate of drug-likeness (QED) is 0.511. The van der Waals surface area contributed by atoms with E-state index >= 15 is 0 Å². The number of amides is 1. The van der Waals surface area contributed by atoms with Crippen LogP contribution in [0.2, 0.25) is 0 Å². The van der Waals surface area contributed by atoms with Gasteiger partial charge in [0.1, 0.15) is 6.04 Å². The number of unbranched alkanes of at least 4 members (excludes halogenated alkanes) is 1. The molecule has 0 bridgehead atoms. The third-order valence-corrected chi connectivity index (χ3v) is 1.64. The monoisotopic (exact) mass is 198 g/mol. The maximum atomic E-state index is 11.1. The number of methoxy groups -OCH3 is 1. The summed E-state index contributed by atoms with van der Waals surface area (Å²) in [6.45, 7) is 1.33. The smallest absolute Gasteiger partial charge is 0.328 e. The van der Waals surface area contributed by atoms with Gasteiger partial charge < -0.3 is 10.1 Å². The predicted octanol–water partition coefficient (Wildman–Crippen LogP) is 0.358. The zero-order chi connectivity index (χ0) is 11.0. The number of nitriles is 1. The maximum absolute atomic E-state index is 11.1. The highest BCUT2D eigenvalue weighted by Gasteiger charge is 2.18. The van der Waals surface area contributed by atoms with Gasteiger partial charge in [-0.3, -0.25) is 4.79 Å². The van der Waals surface area contributed by atoms with Crippen LogP contribution in [0.4, 0.5) is 0 Å². The number of carbonyl (C=O) groups is 2. The Morgan fingerprint density at radius 1 is 1.57 bits per heavy atom. The molecule has 0 aliphatic rings. The van der Waals surface area contributed by atoms with Crippen LogP contribution in [0.1, 0.15) is 26.2 Å². The molecule has 14 heavy (non-hydrogen) atoms. The molecule has 78 valence electrons. The molecule has 0 saturated heterocycles. The fraction of sp³-hybridized carbons (Fsp3) is 0.667.